The molecule has 0 atom stereocenters. The van der Waals surface area contributed by atoms with E-state index in [2.05, 4.69) is 0 Å². The van der Waals surface area contributed by atoms with Crippen LogP contribution in [0.4, 0.5) is 0 Å². The molecule has 1 aromatic carbocycles. The summed E-state index contributed by atoms with van der Waals surface area (Å²) in [6.07, 6.45) is 2.81. The van der Waals surface area contributed by atoms with Gasteiger partial charge >= 0.3 is 5.97 Å². The maximum atomic E-state index is 13.3. The van der Waals surface area contributed by atoms with Crippen LogP contribution in [-0.4, -0.2) is 32.3 Å². The highest BCUT2D eigenvalue weighted by Crippen LogP contribution is 2.23. The van der Waals surface area contributed by atoms with E-state index in [0.29, 0.717) is 16.9 Å². The number of carbonyl (C=O) groups is 2. The van der Waals surface area contributed by atoms with Crippen LogP contribution in [0.1, 0.15) is 34.4 Å². The van der Waals surface area contributed by atoms with Gasteiger partial charge in [0.1, 0.15) is 5.69 Å². The standard InChI is InChI=1S/C23H25N3O4/c1-6-10-21(28)30-14-20(27)19-13-15(2)25(16(19)3)22-17(4)24(5)26(23(22)29)18-11-8-7-9-12-18/h6-13H,14H2,1-5H3/b10-6+. The second kappa shape index (κ2) is 8.41. The number of ether oxygens (including phenoxy) is 1. The largest absolute Gasteiger partial charge is 0.454 e. The molecule has 0 N–H and O–H groups in total. The molecular weight excluding hydrogens is 382 g/mol. The smallest absolute Gasteiger partial charge is 0.330 e. The number of ketones is 1. The predicted octanol–water partition coefficient (Wildman–Crippen LogP) is 3.19. The van der Waals surface area contributed by atoms with E-state index in [9.17, 15) is 14.4 Å². The van der Waals surface area contributed by atoms with Crippen molar-refractivity contribution in [3.05, 3.63) is 81.5 Å². The normalized spacial score (nSPS) is 11.2. The summed E-state index contributed by atoms with van der Waals surface area (Å²) < 4.78 is 10.2. The molecule has 0 bridgehead atoms. The van der Waals surface area contributed by atoms with E-state index in [1.54, 1.807) is 39.9 Å². The third kappa shape index (κ3) is 3.66. The quantitative estimate of drug-likeness (QED) is 0.357. The van der Waals surface area contributed by atoms with Crippen LogP contribution >= 0.6 is 0 Å². The molecule has 0 fully saturated rings. The summed E-state index contributed by atoms with van der Waals surface area (Å²) in [6.45, 7) is 6.84. The van der Waals surface area contributed by atoms with Gasteiger partial charge in [0.15, 0.2) is 6.61 Å². The van der Waals surface area contributed by atoms with E-state index in [1.165, 1.54) is 6.08 Å². The van der Waals surface area contributed by atoms with Crippen LogP contribution < -0.4 is 5.56 Å². The number of aryl methyl sites for hydroxylation is 1. The van der Waals surface area contributed by atoms with Gasteiger partial charge in [0.25, 0.3) is 5.56 Å². The molecule has 0 aliphatic rings. The number of rotatable bonds is 6. The minimum absolute atomic E-state index is 0.179. The first-order valence-electron chi connectivity index (χ1n) is 9.63. The van der Waals surface area contributed by atoms with Gasteiger partial charge in [-0.2, -0.15) is 0 Å². The minimum atomic E-state index is -0.565. The van der Waals surface area contributed by atoms with Gasteiger partial charge in [0.2, 0.25) is 5.78 Å². The monoisotopic (exact) mass is 407 g/mol. The topological polar surface area (TPSA) is 75.2 Å². The molecule has 7 nitrogen and oxygen atoms in total. The van der Waals surface area contributed by atoms with Crippen LogP contribution in [-0.2, 0) is 16.6 Å². The lowest BCUT2D eigenvalue weighted by atomic mass is 10.1. The van der Waals surface area contributed by atoms with E-state index in [0.717, 1.165) is 17.1 Å². The first-order valence-corrected chi connectivity index (χ1v) is 9.63. The van der Waals surface area contributed by atoms with Crippen LogP contribution in [0.3, 0.4) is 0 Å². The van der Waals surface area contributed by atoms with E-state index in [1.807, 2.05) is 51.2 Å². The summed E-state index contributed by atoms with van der Waals surface area (Å²) in [5, 5.41) is 0. The van der Waals surface area contributed by atoms with Gasteiger partial charge in [-0.1, -0.05) is 24.3 Å². The van der Waals surface area contributed by atoms with Crippen molar-refractivity contribution >= 4 is 11.8 Å². The Balaban J connectivity index is 2.05. The van der Waals surface area contributed by atoms with Gasteiger partial charge in [0.05, 0.1) is 11.4 Å². The highest BCUT2D eigenvalue weighted by Gasteiger charge is 2.24. The summed E-state index contributed by atoms with van der Waals surface area (Å²) in [5.41, 5.74) is 3.64. The van der Waals surface area contributed by atoms with Crippen molar-refractivity contribution in [1.82, 2.24) is 13.9 Å². The molecule has 156 valence electrons. The Bertz CT molecular complexity index is 1190. The van der Waals surface area contributed by atoms with Crippen molar-refractivity contribution < 1.29 is 14.3 Å². The van der Waals surface area contributed by atoms with Crippen LogP contribution in [0.25, 0.3) is 11.4 Å². The van der Waals surface area contributed by atoms with E-state index in [-0.39, 0.29) is 17.9 Å². The minimum Gasteiger partial charge on any atom is -0.454 e. The van der Waals surface area contributed by atoms with Gasteiger partial charge in [-0.3, -0.25) is 14.3 Å². The third-order valence-electron chi connectivity index (χ3n) is 5.13. The summed E-state index contributed by atoms with van der Waals surface area (Å²) >= 11 is 0. The van der Waals surface area contributed by atoms with Crippen molar-refractivity contribution in [3.8, 4) is 11.4 Å². The van der Waals surface area contributed by atoms with Crippen molar-refractivity contribution in [1.29, 1.82) is 0 Å². The molecule has 0 amide bonds. The van der Waals surface area contributed by atoms with Crippen molar-refractivity contribution in [3.63, 3.8) is 0 Å². The first kappa shape index (κ1) is 21.1. The number of allylic oxidation sites excluding steroid dienone is 1. The van der Waals surface area contributed by atoms with Gasteiger partial charge in [-0.05, 0) is 45.9 Å². The lowest BCUT2D eigenvalue weighted by Crippen LogP contribution is -2.22. The second-order valence-corrected chi connectivity index (χ2v) is 7.06. The Kier molecular flexibility index (Phi) is 5.91. The molecular formula is C23H25N3O4. The fourth-order valence-corrected chi connectivity index (χ4v) is 3.60. The highest BCUT2D eigenvalue weighted by atomic mass is 16.5. The third-order valence-corrected chi connectivity index (χ3v) is 5.13. The van der Waals surface area contributed by atoms with Crippen LogP contribution in [0.2, 0.25) is 0 Å². The van der Waals surface area contributed by atoms with Crippen LogP contribution in [0, 0.1) is 20.8 Å². The summed E-state index contributed by atoms with van der Waals surface area (Å²) in [4.78, 5) is 37.5. The van der Waals surface area contributed by atoms with Crippen LogP contribution in [0.5, 0.6) is 0 Å². The van der Waals surface area contributed by atoms with Gasteiger partial charge < -0.3 is 9.30 Å². The van der Waals surface area contributed by atoms with Gasteiger partial charge in [-0.25, -0.2) is 9.48 Å². The lowest BCUT2D eigenvalue weighted by molar-refractivity contribution is -0.136. The molecule has 0 radical (unpaired) electrons. The lowest BCUT2D eigenvalue weighted by Gasteiger charge is -2.08. The van der Waals surface area contributed by atoms with Gasteiger partial charge in [0, 0.05) is 30.1 Å². The molecule has 30 heavy (non-hydrogen) atoms. The molecule has 0 aliphatic carbocycles. The van der Waals surface area contributed by atoms with Crippen molar-refractivity contribution in [2.24, 2.45) is 7.05 Å². The number of Topliss-reactive ketones (excluding diaryl/α,β-unsaturated/α-hetero) is 1. The fourth-order valence-electron chi connectivity index (χ4n) is 3.60. The van der Waals surface area contributed by atoms with E-state index >= 15 is 0 Å². The molecule has 0 saturated carbocycles. The summed E-state index contributed by atoms with van der Waals surface area (Å²) in [5.74, 6) is -0.881. The number of para-hydroxylation sites is 1. The zero-order valence-corrected chi connectivity index (χ0v) is 17.8. The molecule has 0 unspecified atom stereocenters. The maximum Gasteiger partial charge on any atom is 0.330 e. The molecule has 3 rings (SSSR count). The number of carbonyl (C=O) groups excluding carboxylic acids is 2. The summed E-state index contributed by atoms with van der Waals surface area (Å²) in [6, 6.07) is 11.1. The molecule has 7 heteroatoms. The second-order valence-electron chi connectivity index (χ2n) is 7.06. The van der Waals surface area contributed by atoms with E-state index < -0.39 is 5.97 Å². The molecule has 2 heterocycles. The number of benzene rings is 1. The van der Waals surface area contributed by atoms with Crippen molar-refractivity contribution in [2.75, 3.05) is 6.61 Å². The zero-order chi connectivity index (χ0) is 22.0. The number of nitrogens with zero attached hydrogens (tertiary/aromatic N) is 3. The molecule has 0 saturated heterocycles. The number of aromatic nitrogens is 3. The molecule has 0 spiro atoms. The molecule has 2 aromatic heterocycles. The van der Waals surface area contributed by atoms with Gasteiger partial charge in [-0.15, -0.1) is 0 Å². The average molecular weight is 407 g/mol. The van der Waals surface area contributed by atoms with Crippen molar-refractivity contribution in [2.45, 2.75) is 27.7 Å². The Morgan fingerprint density at radius 1 is 1.07 bits per heavy atom. The first-order chi connectivity index (χ1) is 14.3. The van der Waals surface area contributed by atoms with E-state index in [4.69, 9.17) is 4.74 Å². The Labute approximate surface area is 174 Å². The highest BCUT2D eigenvalue weighted by molar-refractivity contribution is 6.00. The predicted molar refractivity (Wildman–Crippen MR) is 115 cm³/mol. The number of hydrogen-bond acceptors (Lipinski definition) is 4. The zero-order valence-electron chi connectivity index (χ0n) is 17.8. The summed E-state index contributed by atoms with van der Waals surface area (Å²) in [7, 11) is 1.83. The SMILES string of the molecule is C/C=C/C(=O)OCC(=O)c1cc(C)n(-c2c(C)n(C)n(-c3ccccc3)c2=O)c1C. The van der Waals surface area contributed by atoms with Crippen LogP contribution in [0.15, 0.2) is 53.3 Å². The Morgan fingerprint density at radius 2 is 1.73 bits per heavy atom. The molecule has 3 aromatic rings. The Morgan fingerprint density at radius 3 is 2.37 bits per heavy atom. The number of esters is 1. The molecule has 0 aliphatic heterocycles. The fraction of sp³-hybridized carbons (Fsp3) is 0.261. The number of hydrogen-bond donors (Lipinski definition) is 0. The maximum absolute atomic E-state index is 13.3. The Hall–Kier alpha value is -3.61. The average Bonchev–Trinajstić information content (AvgIpc) is 3.13.